The molecule has 8 heteroatoms. The summed E-state index contributed by atoms with van der Waals surface area (Å²) in [5.74, 6) is -0.813. The van der Waals surface area contributed by atoms with Gasteiger partial charge in [0.1, 0.15) is 6.33 Å². The first-order chi connectivity index (χ1) is 9.61. The van der Waals surface area contributed by atoms with Crippen molar-refractivity contribution in [1.82, 2.24) is 19.7 Å². The fourth-order valence-corrected chi connectivity index (χ4v) is 1.59. The largest absolute Gasteiger partial charge is 0.368 e. The van der Waals surface area contributed by atoms with Crippen LogP contribution in [0.5, 0.6) is 0 Å². The Bertz CT molecular complexity index is 583. The quantitative estimate of drug-likeness (QED) is 0.847. The van der Waals surface area contributed by atoms with E-state index in [1.807, 2.05) is 6.92 Å². The third kappa shape index (κ3) is 3.19. The molecule has 2 aromatic heterocycles. The molecule has 20 heavy (non-hydrogen) atoms. The summed E-state index contributed by atoms with van der Waals surface area (Å²) < 4.78 is 28.9. The number of halogens is 2. The second kappa shape index (κ2) is 6.27. The Hall–Kier alpha value is -2.25. The van der Waals surface area contributed by atoms with Crippen LogP contribution < -0.4 is 10.6 Å². The van der Waals surface area contributed by atoms with Crippen LogP contribution in [0.25, 0.3) is 0 Å². The van der Waals surface area contributed by atoms with Crippen LogP contribution in [0.1, 0.15) is 19.2 Å². The highest BCUT2D eigenvalue weighted by Crippen LogP contribution is 2.19. The average Bonchev–Trinajstić information content (AvgIpc) is 2.82. The van der Waals surface area contributed by atoms with E-state index >= 15 is 0 Å². The minimum atomic E-state index is -0.744. The van der Waals surface area contributed by atoms with Crippen LogP contribution >= 0.6 is 0 Å². The molecule has 2 heterocycles. The molecule has 0 saturated carbocycles. The first-order valence-corrected chi connectivity index (χ1v) is 6.28. The number of anilines is 2. The standard InChI is InChI=1S/C12H16F2N6/c1-3-4-15-11-8(13)5-9(14)12(18-11)16-6-10-19-17-7-20(10)2/h5,7H,3-4,6H2,1-2H3,(H2,15,16,18). The van der Waals surface area contributed by atoms with Crippen molar-refractivity contribution in [2.75, 3.05) is 17.2 Å². The van der Waals surface area contributed by atoms with Crippen molar-refractivity contribution in [3.05, 3.63) is 29.9 Å². The molecule has 0 spiro atoms. The summed E-state index contributed by atoms with van der Waals surface area (Å²) in [6.07, 6.45) is 2.36. The second-order valence-corrected chi connectivity index (χ2v) is 4.29. The van der Waals surface area contributed by atoms with Crippen molar-refractivity contribution in [3.8, 4) is 0 Å². The Morgan fingerprint density at radius 2 is 1.90 bits per heavy atom. The Labute approximate surface area is 115 Å². The molecular formula is C12H16F2N6. The summed E-state index contributed by atoms with van der Waals surface area (Å²) in [7, 11) is 1.78. The van der Waals surface area contributed by atoms with Gasteiger partial charge in [0, 0.05) is 19.7 Å². The van der Waals surface area contributed by atoms with Crippen LogP contribution in [0.15, 0.2) is 12.4 Å². The number of nitrogens with one attached hydrogen (secondary N) is 2. The molecule has 0 aliphatic heterocycles. The third-order valence-electron chi connectivity index (χ3n) is 2.69. The van der Waals surface area contributed by atoms with Gasteiger partial charge in [-0.2, -0.15) is 0 Å². The lowest BCUT2D eigenvalue weighted by Crippen LogP contribution is -2.11. The maximum absolute atomic E-state index is 13.6. The highest BCUT2D eigenvalue weighted by atomic mass is 19.1. The second-order valence-electron chi connectivity index (χ2n) is 4.29. The molecule has 0 aliphatic carbocycles. The van der Waals surface area contributed by atoms with Gasteiger partial charge in [-0.15, -0.1) is 10.2 Å². The van der Waals surface area contributed by atoms with Crippen LogP contribution in [-0.4, -0.2) is 26.3 Å². The average molecular weight is 282 g/mol. The summed E-state index contributed by atoms with van der Waals surface area (Å²) >= 11 is 0. The molecule has 0 fully saturated rings. The zero-order valence-electron chi connectivity index (χ0n) is 11.3. The van der Waals surface area contributed by atoms with Crippen LogP contribution in [0.4, 0.5) is 20.4 Å². The molecule has 0 unspecified atom stereocenters. The van der Waals surface area contributed by atoms with Gasteiger partial charge in [0.2, 0.25) is 0 Å². The summed E-state index contributed by atoms with van der Waals surface area (Å²) in [4.78, 5) is 3.91. The van der Waals surface area contributed by atoms with E-state index in [2.05, 4.69) is 25.8 Å². The molecule has 0 aliphatic rings. The van der Waals surface area contributed by atoms with Crippen LogP contribution in [0, 0.1) is 11.6 Å². The van der Waals surface area contributed by atoms with Gasteiger partial charge in [0.05, 0.1) is 6.54 Å². The highest BCUT2D eigenvalue weighted by molar-refractivity contribution is 5.47. The minimum absolute atomic E-state index is 0.0204. The number of aryl methyl sites for hydroxylation is 1. The lowest BCUT2D eigenvalue weighted by atomic mass is 10.3. The van der Waals surface area contributed by atoms with E-state index in [0.29, 0.717) is 12.4 Å². The van der Waals surface area contributed by atoms with E-state index in [-0.39, 0.29) is 18.2 Å². The van der Waals surface area contributed by atoms with Gasteiger partial charge in [0.25, 0.3) is 0 Å². The van der Waals surface area contributed by atoms with E-state index in [4.69, 9.17) is 0 Å². The predicted octanol–water partition coefficient (Wildman–Crippen LogP) is 1.92. The van der Waals surface area contributed by atoms with E-state index in [1.54, 1.807) is 17.9 Å². The van der Waals surface area contributed by atoms with Crippen molar-refractivity contribution in [2.45, 2.75) is 19.9 Å². The fourth-order valence-electron chi connectivity index (χ4n) is 1.59. The van der Waals surface area contributed by atoms with Gasteiger partial charge in [0.15, 0.2) is 29.1 Å². The SMILES string of the molecule is CCCNc1nc(NCc2nncn2C)c(F)cc1F. The lowest BCUT2D eigenvalue weighted by molar-refractivity contribution is 0.577. The number of aromatic nitrogens is 4. The van der Waals surface area contributed by atoms with Crippen molar-refractivity contribution < 1.29 is 8.78 Å². The number of rotatable bonds is 6. The van der Waals surface area contributed by atoms with Gasteiger partial charge in [-0.05, 0) is 6.42 Å². The Balaban J connectivity index is 2.12. The molecule has 6 nitrogen and oxygen atoms in total. The van der Waals surface area contributed by atoms with E-state index in [0.717, 1.165) is 12.5 Å². The van der Waals surface area contributed by atoms with Crippen molar-refractivity contribution in [2.24, 2.45) is 7.05 Å². The van der Waals surface area contributed by atoms with Gasteiger partial charge in [-0.1, -0.05) is 6.92 Å². The van der Waals surface area contributed by atoms with Crippen LogP contribution in [0.2, 0.25) is 0 Å². The molecule has 108 valence electrons. The summed E-state index contributed by atoms with van der Waals surface area (Å²) in [5.41, 5.74) is 0. The minimum Gasteiger partial charge on any atom is -0.368 e. The molecule has 0 aromatic carbocycles. The van der Waals surface area contributed by atoms with Crippen LogP contribution in [-0.2, 0) is 13.6 Å². The molecule has 2 N–H and O–H groups in total. The molecule has 2 rings (SSSR count). The Morgan fingerprint density at radius 1 is 1.20 bits per heavy atom. The molecule has 2 aromatic rings. The number of hydrogen-bond donors (Lipinski definition) is 2. The normalized spacial score (nSPS) is 10.6. The molecule has 0 amide bonds. The summed E-state index contributed by atoms with van der Waals surface area (Å²) in [6.45, 7) is 2.76. The first kappa shape index (κ1) is 14.2. The van der Waals surface area contributed by atoms with Gasteiger partial charge < -0.3 is 15.2 Å². The van der Waals surface area contributed by atoms with E-state index in [9.17, 15) is 8.78 Å². The van der Waals surface area contributed by atoms with Gasteiger partial charge in [-0.25, -0.2) is 13.8 Å². The smallest absolute Gasteiger partial charge is 0.168 e. The molecular weight excluding hydrogens is 266 g/mol. The zero-order valence-corrected chi connectivity index (χ0v) is 11.3. The Kier molecular flexibility index (Phi) is 4.44. The highest BCUT2D eigenvalue weighted by Gasteiger charge is 2.12. The number of hydrogen-bond acceptors (Lipinski definition) is 5. The summed E-state index contributed by atoms with van der Waals surface area (Å²) in [5, 5.41) is 13.2. The molecule has 0 atom stereocenters. The Morgan fingerprint density at radius 3 is 2.50 bits per heavy atom. The van der Waals surface area contributed by atoms with Gasteiger partial charge in [-0.3, -0.25) is 0 Å². The summed E-state index contributed by atoms with van der Waals surface area (Å²) in [6, 6.07) is 0.810. The van der Waals surface area contributed by atoms with Gasteiger partial charge >= 0.3 is 0 Å². The maximum Gasteiger partial charge on any atom is 0.168 e. The molecule has 0 bridgehead atoms. The molecule has 0 saturated heterocycles. The topological polar surface area (TPSA) is 67.7 Å². The monoisotopic (exact) mass is 282 g/mol. The predicted molar refractivity (Wildman–Crippen MR) is 71.3 cm³/mol. The van der Waals surface area contributed by atoms with E-state index in [1.165, 1.54) is 0 Å². The molecule has 0 radical (unpaired) electrons. The zero-order chi connectivity index (χ0) is 14.5. The van der Waals surface area contributed by atoms with E-state index < -0.39 is 11.6 Å². The number of nitrogens with zero attached hydrogens (tertiary/aromatic N) is 4. The first-order valence-electron chi connectivity index (χ1n) is 6.28. The van der Waals surface area contributed by atoms with Crippen molar-refractivity contribution in [3.63, 3.8) is 0 Å². The van der Waals surface area contributed by atoms with Crippen molar-refractivity contribution >= 4 is 11.6 Å². The lowest BCUT2D eigenvalue weighted by Gasteiger charge is -2.10. The third-order valence-corrected chi connectivity index (χ3v) is 2.69. The fraction of sp³-hybridized carbons (Fsp3) is 0.417. The maximum atomic E-state index is 13.6. The van der Waals surface area contributed by atoms with Crippen LogP contribution in [0.3, 0.4) is 0 Å². The van der Waals surface area contributed by atoms with Crippen molar-refractivity contribution in [1.29, 1.82) is 0 Å². The number of pyridine rings is 1.